The number of fused-ring (bicyclic) bond motifs is 15. The molecular formula is C67H42N2O. The van der Waals surface area contributed by atoms with Crippen molar-refractivity contribution in [3.05, 3.63) is 277 Å². The third-order valence-electron chi connectivity index (χ3n) is 15.2. The summed E-state index contributed by atoms with van der Waals surface area (Å²) in [4.78, 5) is 2.50. The van der Waals surface area contributed by atoms with E-state index in [0.717, 1.165) is 61.3 Å². The number of nitrogens with zero attached hydrogens (tertiary/aromatic N) is 2. The van der Waals surface area contributed by atoms with E-state index in [1.165, 1.54) is 72.0 Å². The number of hydrogen-bond acceptors (Lipinski definition) is 2. The molecule has 326 valence electrons. The van der Waals surface area contributed by atoms with Crippen molar-refractivity contribution in [3.8, 4) is 50.2 Å². The molecule has 13 aromatic rings. The Hall–Kier alpha value is -9.18. The van der Waals surface area contributed by atoms with Crippen LogP contribution < -0.4 is 4.90 Å². The predicted molar refractivity (Wildman–Crippen MR) is 290 cm³/mol. The second-order valence-electron chi connectivity index (χ2n) is 18.7. The number of para-hydroxylation sites is 5. The summed E-state index contributed by atoms with van der Waals surface area (Å²) in [6.45, 7) is 0. The molecule has 0 radical (unpaired) electrons. The van der Waals surface area contributed by atoms with Gasteiger partial charge >= 0.3 is 0 Å². The van der Waals surface area contributed by atoms with Gasteiger partial charge in [0, 0.05) is 44.0 Å². The zero-order valence-corrected chi connectivity index (χ0v) is 38.1. The molecule has 0 saturated carbocycles. The van der Waals surface area contributed by atoms with Crippen molar-refractivity contribution in [3.63, 3.8) is 0 Å². The molecular weight excluding hydrogens is 849 g/mol. The molecule has 0 unspecified atom stereocenters. The molecule has 11 aromatic carbocycles. The molecule has 0 fully saturated rings. The molecule has 3 heteroatoms. The van der Waals surface area contributed by atoms with Crippen molar-refractivity contribution in [2.24, 2.45) is 0 Å². The Bertz CT molecular complexity index is 4190. The summed E-state index contributed by atoms with van der Waals surface area (Å²) in [5.74, 6) is 0. The molecule has 0 amide bonds. The molecule has 0 N–H and O–H groups in total. The molecule has 15 rings (SSSR count). The molecule has 1 spiro atoms. The number of hydrogen-bond donors (Lipinski definition) is 0. The molecule has 3 heterocycles. The first-order valence-corrected chi connectivity index (χ1v) is 24.2. The lowest BCUT2D eigenvalue weighted by Crippen LogP contribution is -2.33. The topological polar surface area (TPSA) is 21.3 Å². The van der Waals surface area contributed by atoms with Crippen LogP contribution >= 0.6 is 0 Å². The molecule has 3 nitrogen and oxygen atoms in total. The van der Waals surface area contributed by atoms with Crippen LogP contribution in [0.15, 0.2) is 259 Å². The van der Waals surface area contributed by atoms with Crippen molar-refractivity contribution in [2.75, 3.05) is 4.90 Å². The minimum absolute atomic E-state index is 0.587. The van der Waals surface area contributed by atoms with E-state index in [9.17, 15) is 0 Å². The first-order valence-electron chi connectivity index (χ1n) is 24.2. The van der Waals surface area contributed by atoms with E-state index in [1.807, 2.05) is 6.07 Å². The van der Waals surface area contributed by atoms with Gasteiger partial charge in [0.25, 0.3) is 0 Å². The maximum atomic E-state index is 6.57. The second-order valence-corrected chi connectivity index (χ2v) is 18.7. The average molecular weight is 891 g/mol. The van der Waals surface area contributed by atoms with Crippen LogP contribution in [0.2, 0.25) is 0 Å². The van der Waals surface area contributed by atoms with Gasteiger partial charge in [-0.2, -0.15) is 0 Å². The van der Waals surface area contributed by atoms with Crippen LogP contribution in [0, 0.1) is 0 Å². The lowest BCUT2D eigenvalue weighted by molar-refractivity contribution is 0.670. The summed E-state index contributed by atoms with van der Waals surface area (Å²) in [6, 6.07) is 93.7. The van der Waals surface area contributed by atoms with Gasteiger partial charge in [-0.05, 0) is 104 Å². The number of furan rings is 1. The molecule has 0 bridgehead atoms. The van der Waals surface area contributed by atoms with E-state index in [2.05, 4.69) is 258 Å². The van der Waals surface area contributed by atoms with Crippen LogP contribution in [0.5, 0.6) is 0 Å². The van der Waals surface area contributed by atoms with Crippen molar-refractivity contribution in [1.29, 1.82) is 0 Å². The van der Waals surface area contributed by atoms with Crippen LogP contribution in [-0.4, -0.2) is 4.57 Å². The van der Waals surface area contributed by atoms with E-state index in [4.69, 9.17) is 4.42 Å². The Kier molecular flexibility index (Phi) is 8.28. The van der Waals surface area contributed by atoms with Crippen LogP contribution in [-0.2, 0) is 5.41 Å². The normalized spacial score (nSPS) is 13.0. The first-order chi connectivity index (χ1) is 34.7. The van der Waals surface area contributed by atoms with E-state index in [1.54, 1.807) is 0 Å². The van der Waals surface area contributed by atoms with Crippen molar-refractivity contribution in [1.82, 2.24) is 4.57 Å². The third-order valence-corrected chi connectivity index (χ3v) is 15.2. The Labute approximate surface area is 405 Å². The van der Waals surface area contributed by atoms with Gasteiger partial charge in [-0.3, -0.25) is 0 Å². The Morgan fingerprint density at radius 2 is 0.900 bits per heavy atom. The Morgan fingerprint density at radius 1 is 0.343 bits per heavy atom. The van der Waals surface area contributed by atoms with Gasteiger partial charge in [0.05, 0.1) is 27.8 Å². The number of aromatic nitrogens is 1. The average Bonchev–Trinajstić information content (AvgIpc) is 4.08. The van der Waals surface area contributed by atoms with E-state index >= 15 is 0 Å². The predicted octanol–water partition coefficient (Wildman–Crippen LogP) is 17.8. The molecule has 1 aliphatic heterocycles. The summed E-state index contributed by atoms with van der Waals surface area (Å²) in [6.07, 6.45) is 0. The fraction of sp³-hybridized carbons (Fsp3) is 0.0149. The molecule has 2 aromatic heterocycles. The van der Waals surface area contributed by atoms with Gasteiger partial charge in [-0.15, -0.1) is 0 Å². The minimum atomic E-state index is -0.587. The smallest absolute Gasteiger partial charge is 0.143 e. The van der Waals surface area contributed by atoms with Crippen LogP contribution in [0.25, 0.3) is 93.9 Å². The SMILES string of the molecule is c1ccc(-c2ccc(-c3ccccc3N(c3ccc(-c4cccc5c4oc4ccccc45)cc3)c3cc4c5c(c3)c3ccccc3n5-c3ccccc3C43c4ccccc4-c4ccccc43)cc2)cc1. The lowest BCUT2D eigenvalue weighted by atomic mass is 9.65. The van der Waals surface area contributed by atoms with Crippen molar-refractivity contribution >= 4 is 60.8 Å². The summed E-state index contributed by atoms with van der Waals surface area (Å²) in [7, 11) is 0. The Balaban J connectivity index is 1.01. The van der Waals surface area contributed by atoms with Crippen molar-refractivity contribution in [2.45, 2.75) is 5.41 Å². The number of benzene rings is 11. The Morgan fingerprint density at radius 3 is 1.69 bits per heavy atom. The van der Waals surface area contributed by atoms with E-state index < -0.39 is 5.41 Å². The standard InChI is InChI=1S/C67H42N2O/c1-2-17-43(18-3-1)44-33-35-45(36-34-44)49-19-6-12-29-61(49)68(47-39-37-46(38-40-47)50-24-16-25-55-54-23-8-15-32-64(54)70-66(50)55)48-41-56-53-22-7-13-30-62(53)69-63-31-14-11-28-59(63)67(60(42-48)65(56)69)57-26-9-4-20-51(57)52-21-5-10-27-58(52)67/h1-42H. The van der Waals surface area contributed by atoms with Crippen molar-refractivity contribution < 1.29 is 4.42 Å². The van der Waals surface area contributed by atoms with Crippen LogP contribution in [0.1, 0.15) is 22.3 Å². The molecule has 70 heavy (non-hydrogen) atoms. The second kappa shape index (κ2) is 14.9. The van der Waals surface area contributed by atoms with Gasteiger partial charge in [0.2, 0.25) is 0 Å². The van der Waals surface area contributed by atoms with E-state index in [0.29, 0.717) is 0 Å². The fourth-order valence-electron chi connectivity index (χ4n) is 12.3. The van der Waals surface area contributed by atoms with Crippen LogP contribution in [0.4, 0.5) is 17.1 Å². The minimum Gasteiger partial charge on any atom is -0.455 e. The monoisotopic (exact) mass is 890 g/mol. The fourth-order valence-corrected chi connectivity index (χ4v) is 12.3. The third kappa shape index (κ3) is 5.40. The number of rotatable bonds is 6. The maximum Gasteiger partial charge on any atom is 0.143 e. The summed E-state index contributed by atoms with van der Waals surface area (Å²) < 4.78 is 9.11. The summed E-state index contributed by atoms with van der Waals surface area (Å²) in [5.41, 5.74) is 22.7. The highest BCUT2D eigenvalue weighted by Gasteiger charge is 2.51. The van der Waals surface area contributed by atoms with Gasteiger partial charge in [-0.1, -0.05) is 206 Å². The zero-order chi connectivity index (χ0) is 45.9. The van der Waals surface area contributed by atoms with E-state index in [-0.39, 0.29) is 0 Å². The summed E-state index contributed by atoms with van der Waals surface area (Å²) >= 11 is 0. The summed E-state index contributed by atoms with van der Waals surface area (Å²) in [5, 5.41) is 4.70. The largest absolute Gasteiger partial charge is 0.455 e. The molecule has 0 atom stereocenters. The molecule has 1 aliphatic carbocycles. The van der Waals surface area contributed by atoms with Crippen LogP contribution in [0.3, 0.4) is 0 Å². The molecule has 0 saturated heterocycles. The highest BCUT2D eigenvalue weighted by molar-refractivity contribution is 6.15. The zero-order valence-electron chi connectivity index (χ0n) is 38.1. The maximum absolute atomic E-state index is 6.57. The first kappa shape index (κ1) is 38.9. The number of anilines is 3. The highest BCUT2D eigenvalue weighted by atomic mass is 16.3. The van der Waals surface area contributed by atoms with Gasteiger partial charge in [0.1, 0.15) is 11.2 Å². The van der Waals surface area contributed by atoms with Gasteiger partial charge in [-0.25, -0.2) is 0 Å². The quantitative estimate of drug-likeness (QED) is 0.166. The lowest BCUT2D eigenvalue weighted by Gasteiger charge is -2.40. The molecule has 2 aliphatic rings. The highest BCUT2D eigenvalue weighted by Crippen LogP contribution is 2.62. The van der Waals surface area contributed by atoms with Gasteiger partial charge < -0.3 is 13.9 Å². The van der Waals surface area contributed by atoms with Gasteiger partial charge in [0.15, 0.2) is 0 Å².